The Labute approximate surface area is 112 Å². The summed E-state index contributed by atoms with van der Waals surface area (Å²) in [5.41, 5.74) is 2.25. The van der Waals surface area contributed by atoms with Crippen LogP contribution in [0.2, 0.25) is 0 Å². The lowest BCUT2D eigenvalue weighted by Gasteiger charge is -2.01. The second-order valence-electron chi connectivity index (χ2n) is 4.26. The molecule has 0 radical (unpaired) electrons. The van der Waals surface area contributed by atoms with Crippen LogP contribution in [0.5, 0.6) is 0 Å². The third kappa shape index (κ3) is 3.05. The average molecular weight is 259 g/mol. The molecule has 4 heteroatoms. The lowest BCUT2D eigenvalue weighted by Crippen LogP contribution is -1.91. The van der Waals surface area contributed by atoms with Gasteiger partial charge >= 0.3 is 0 Å². The smallest absolute Gasteiger partial charge is 0.168 e. The first-order valence-electron chi connectivity index (χ1n) is 6.24. The van der Waals surface area contributed by atoms with Crippen LogP contribution in [0.15, 0.2) is 29.4 Å². The third-order valence-electron chi connectivity index (χ3n) is 2.91. The molecule has 0 N–H and O–H groups in total. The van der Waals surface area contributed by atoms with Gasteiger partial charge in [-0.1, -0.05) is 30.3 Å². The van der Waals surface area contributed by atoms with Crippen LogP contribution in [0.25, 0.3) is 11.0 Å². The van der Waals surface area contributed by atoms with Crippen molar-refractivity contribution in [3.05, 3.63) is 24.3 Å². The number of aryl methyl sites for hydroxylation is 1. The molecule has 0 bridgehead atoms. The second kappa shape index (κ2) is 6.46. The van der Waals surface area contributed by atoms with Crippen LogP contribution in [0.4, 0.5) is 0 Å². The summed E-state index contributed by atoms with van der Waals surface area (Å²) in [7, 11) is 2.06. The number of aromatic nitrogens is 2. The molecule has 1 aromatic carbocycles. The first-order valence-corrected chi connectivity index (χ1v) is 7.22. The Morgan fingerprint density at radius 2 is 2.11 bits per heavy atom. The van der Waals surface area contributed by atoms with Gasteiger partial charge in [-0.15, -0.1) is 0 Å². The van der Waals surface area contributed by atoms with E-state index in [1.165, 1.54) is 5.52 Å². The summed E-state index contributed by atoms with van der Waals surface area (Å²) >= 11 is 1.80. The summed E-state index contributed by atoms with van der Waals surface area (Å²) in [5.74, 6) is 1.07. The van der Waals surface area contributed by atoms with Crippen molar-refractivity contribution in [3.8, 4) is 6.07 Å². The normalized spacial score (nSPS) is 10.7. The Bertz CT molecular complexity index is 554. The molecular formula is C14H17N3S. The number of hydrogen-bond acceptors (Lipinski definition) is 3. The maximum atomic E-state index is 8.45. The maximum Gasteiger partial charge on any atom is 0.168 e. The Morgan fingerprint density at radius 1 is 1.28 bits per heavy atom. The van der Waals surface area contributed by atoms with Gasteiger partial charge in [-0.25, -0.2) is 4.98 Å². The SMILES string of the molecule is Cn1c(SCCCCCC#N)nc2ccccc21. The van der Waals surface area contributed by atoms with E-state index in [9.17, 15) is 0 Å². The first-order chi connectivity index (χ1) is 8.83. The quantitative estimate of drug-likeness (QED) is 0.586. The molecule has 3 nitrogen and oxygen atoms in total. The highest BCUT2D eigenvalue weighted by Gasteiger charge is 2.06. The number of fused-ring (bicyclic) bond motifs is 1. The molecule has 0 unspecified atom stereocenters. The van der Waals surface area contributed by atoms with Crippen molar-refractivity contribution in [2.45, 2.75) is 30.8 Å². The summed E-state index contributed by atoms with van der Waals surface area (Å²) in [5, 5.41) is 9.53. The fraction of sp³-hybridized carbons (Fsp3) is 0.429. The zero-order chi connectivity index (χ0) is 12.8. The number of benzene rings is 1. The molecule has 2 aromatic rings. The van der Waals surface area contributed by atoms with Gasteiger partial charge in [0.2, 0.25) is 0 Å². The number of hydrogen-bond donors (Lipinski definition) is 0. The third-order valence-corrected chi connectivity index (χ3v) is 4.03. The Morgan fingerprint density at radius 3 is 2.89 bits per heavy atom. The average Bonchev–Trinajstić information content (AvgIpc) is 2.71. The number of imidazole rings is 1. The summed E-state index contributed by atoms with van der Waals surface area (Å²) in [6.07, 6.45) is 3.97. The number of rotatable bonds is 6. The van der Waals surface area contributed by atoms with E-state index in [1.807, 2.05) is 18.2 Å². The topological polar surface area (TPSA) is 41.6 Å². The van der Waals surface area contributed by atoms with Crippen molar-refractivity contribution >= 4 is 22.8 Å². The molecule has 2 rings (SSSR count). The van der Waals surface area contributed by atoms with Crippen LogP contribution >= 0.6 is 11.8 Å². The zero-order valence-corrected chi connectivity index (χ0v) is 11.4. The number of para-hydroxylation sites is 2. The minimum atomic E-state index is 0.678. The van der Waals surface area contributed by atoms with Crippen molar-refractivity contribution in [1.82, 2.24) is 9.55 Å². The minimum Gasteiger partial charge on any atom is -0.322 e. The number of thioether (sulfide) groups is 1. The van der Waals surface area contributed by atoms with Gasteiger partial charge in [0.25, 0.3) is 0 Å². The summed E-state index contributed by atoms with van der Waals surface area (Å²) in [6, 6.07) is 10.4. The van der Waals surface area contributed by atoms with Crippen molar-refractivity contribution in [2.24, 2.45) is 7.05 Å². The van der Waals surface area contributed by atoms with Crippen LogP contribution < -0.4 is 0 Å². The fourth-order valence-electron chi connectivity index (χ4n) is 1.90. The van der Waals surface area contributed by atoms with E-state index in [-0.39, 0.29) is 0 Å². The van der Waals surface area contributed by atoms with Gasteiger partial charge in [-0.2, -0.15) is 5.26 Å². The molecule has 0 saturated heterocycles. The van der Waals surface area contributed by atoms with E-state index in [2.05, 4.69) is 28.7 Å². The largest absolute Gasteiger partial charge is 0.322 e. The van der Waals surface area contributed by atoms with Crippen molar-refractivity contribution in [3.63, 3.8) is 0 Å². The fourth-order valence-corrected chi connectivity index (χ4v) is 2.88. The van der Waals surface area contributed by atoms with Gasteiger partial charge in [-0.3, -0.25) is 0 Å². The van der Waals surface area contributed by atoms with Gasteiger partial charge in [0.05, 0.1) is 17.1 Å². The molecule has 0 atom stereocenters. The van der Waals surface area contributed by atoms with Gasteiger partial charge < -0.3 is 4.57 Å². The van der Waals surface area contributed by atoms with Crippen molar-refractivity contribution < 1.29 is 0 Å². The molecule has 94 valence electrons. The highest BCUT2D eigenvalue weighted by molar-refractivity contribution is 7.99. The van der Waals surface area contributed by atoms with E-state index in [0.717, 1.165) is 35.7 Å². The molecule has 1 aromatic heterocycles. The molecule has 0 aliphatic carbocycles. The van der Waals surface area contributed by atoms with E-state index in [1.54, 1.807) is 11.8 Å². The Hall–Kier alpha value is -1.47. The number of nitrogens with zero attached hydrogens (tertiary/aromatic N) is 3. The Balaban J connectivity index is 1.88. The van der Waals surface area contributed by atoms with E-state index in [0.29, 0.717) is 6.42 Å². The number of unbranched alkanes of at least 4 members (excludes halogenated alkanes) is 3. The zero-order valence-electron chi connectivity index (χ0n) is 10.6. The van der Waals surface area contributed by atoms with Gasteiger partial charge in [0.1, 0.15) is 0 Å². The molecule has 0 spiro atoms. The molecule has 0 aliphatic heterocycles. The first kappa shape index (κ1) is 13.0. The van der Waals surface area contributed by atoms with Crippen LogP contribution in [-0.4, -0.2) is 15.3 Å². The lowest BCUT2D eigenvalue weighted by atomic mass is 10.2. The number of nitriles is 1. The molecule has 0 fully saturated rings. The highest BCUT2D eigenvalue weighted by Crippen LogP contribution is 2.23. The molecule has 0 saturated carbocycles. The highest BCUT2D eigenvalue weighted by atomic mass is 32.2. The molecule has 0 amide bonds. The molecule has 18 heavy (non-hydrogen) atoms. The van der Waals surface area contributed by atoms with E-state index >= 15 is 0 Å². The second-order valence-corrected chi connectivity index (χ2v) is 5.32. The van der Waals surface area contributed by atoms with Crippen LogP contribution in [0, 0.1) is 11.3 Å². The van der Waals surface area contributed by atoms with Crippen LogP contribution in [0.1, 0.15) is 25.7 Å². The minimum absolute atomic E-state index is 0.678. The van der Waals surface area contributed by atoms with Crippen LogP contribution in [-0.2, 0) is 7.05 Å². The van der Waals surface area contributed by atoms with Gasteiger partial charge in [0.15, 0.2) is 5.16 Å². The van der Waals surface area contributed by atoms with Gasteiger partial charge in [-0.05, 0) is 25.0 Å². The summed E-state index contributed by atoms with van der Waals surface area (Å²) in [6.45, 7) is 0. The summed E-state index contributed by atoms with van der Waals surface area (Å²) in [4.78, 5) is 4.62. The Kier molecular flexibility index (Phi) is 4.66. The molecule has 0 aliphatic rings. The predicted octanol–water partition coefficient (Wildman–Crippen LogP) is 3.75. The monoisotopic (exact) mass is 259 g/mol. The lowest BCUT2D eigenvalue weighted by molar-refractivity contribution is 0.736. The van der Waals surface area contributed by atoms with Crippen molar-refractivity contribution in [1.29, 1.82) is 5.26 Å². The van der Waals surface area contributed by atoms with Gasteiger partial charge in [0, 0.05) is 19.2 Å². The van der Waals surface area contributed by atoms with E-state index < -0.39 is 0 Å². The molecule has 1 heterocycles. The standard InChI is InChI=1S/C14H17N3S/c1-17-13-9-5-4-8-12(13)16-14(17)18-11-7-3-2-6-10-15/h4-5,8-9H,2-3,6-7,11H2,1H3. The summed E-state index contributed by atoms with van der Waals surface area (Å²) < 4.78 is 2.15. The maximum absolute atomic E-state index is 8.45. The van der Waals surface area contributed by atoms with Crippen LogP contribution in [0.3, 0.4) is 0 Å². The van der Waals surface area contributed by atoms with Crippen molar-refractivity contribution in [2.75, 3.05) is 5.75 Å². The van der Waals surface area contributed by atoms with E-state index in [4.69, 9.17) is 5.26 Å². The predicted molar refractivity (Wildman–Crippen MR) is 75.5 cm³/mol. The molecular weight excluding hydrogens is 242 g/mol.